The Hall–Kier alpha value is -1.75. The van der Waals surface area contributed by atoms with Crippen molar-refractivity contribution in [1.29, 1.82) is 0 Å². The van der Waals surface area contributed by atoms with Gasteiger partial charge in [0.15, 0.2) is 0 Å². The van der Waals surface area contributed by atoms with Gasteiger partial charge in [-0.15, -0.1) is 0 Å². The highest BCUT2D eigenvalue weighted by molar-refractivity contribution is 5.22. The lowest BCUT2D eigenvalue weighted by molar-refractivity contribution is 0.559. The average Bonchev–Trinajstić information content (AvgIpc) is 2.79. The Labute approximate surface area is 106 Å². The van der Waals surface area contributed by atoms with E-state index in [1.807, 2.05) is 13.2 Å². The third-order valence-electron chi connectivity index (χ3n) is 2.82. The number of hydrogen-bond acceptors (Lipinski definition) is 3. The molecule has 1 unspecified atom stereocenters. The molecule has 5 heteroatoms. The Morgan fingerprint density at radius 1 is 1.44 bits per heavy atom. The molecule has 0 radical (unpaired) electrons. The van der Waals surface area contributed by atoms with Crippen LogP contribution in [-0.2, 0) is 6.54 Å². The maximum atomic E-state index is 13.2. The summed E-state index contributed by atoms with van der Waals surface area (Å²) in [5, 5.41) is 3.16. The first-order chi connectivity index (χ1) is 8.76. The van der Waals surface area contributed by atoms with Crippen LogP contribution in [0.15, 0.2) is 30.9 Å². The second kappa shape index (κ2) is 5.73. The molecule has 0 spiro atoms. The Morgan fingerprint density at radius 3 is 2.94 bits per heavy atom. The van der Waals surface area contributed by atoms with Crippen LogP contribution in [0.25, 0.3) is 0 Å². The Kier molecular flexibility index (Phi) is 4.04. The van der Waals surface area contributed by atoms with Gasteiger partial charge < -0.3 is 9.88 Å². The van der Waals surface area contributed by atoms with E-state index in [0.717, 1.165) is 24.4 Å². The molecule has 0 aliphatic carbocycles. The van der Waals surface area contributed by atoms with Crippen molar-refractivity contribution in [2.75, 3.05) is 7.05 Å². The first-order valence-electron chi connectivity index (χ1n) is 6.05. The molecule has 4 nitrogen and oxygen atoms in total. The molecular formula is C13H17FN4. The van der Waals surface area contributed by atoms with E-state index in [1.165, 1.54) is 12.3 Å². The Morgan fingerprint density at radius 2 is 2.28 bits per heavy atom. The van der Waals surface area contributed by atoms with Crippen LogP contribution in [0, 0.1) is 5.82 Å². The normalized spacial score (nSPS) is 12.6. The van der Waals surface area contributed by atoms with E-state index < -0.39 is 0 Å². The zero-order valence-corrected chi connectivity index (χ0v) is 10.6. The second-order valence-electron chi connectivity index (χ2n) is 4.14. The number of aryl methyl sites for hydroxylation is 1. The highest BCUT2D eigenvalue weighted by Crippen LogP contribution is 2.20. The SMILES string of the molecule is CCCn1ccnc1C(NC)c1cncc(F)c1. The molecule has 18 heavy (non-hydrogen) atoms. The summed E-state index contributed by atoms with van der Waals surface area (Å²) in [5.74, 6) is 0.549. The molecule has 96 valence electrons. The number of halogens is 1. The van der Waals surface area contributed by atoms with Crippen LogP contribution in [0.4, 0.5) is 4.39 Å². The number of imidazole rings is 1. The van der Waals surface area contributed by atoms with Gasteiger partial charge >= 0.3 is 0 Å². The van der Waals surface area contributed by atoms with Gasteiger partial charge in [-0.25, -0.2) is 9.37 Å². The number of hydrogen-bond donors (Lipinski definition) is 1. The molecule has 0 aromatic carbocycles. The van der Waals surface area contributed by atoms with Crippen molar-refractivity contribution in [2.45, 2.75) is 25.9 Å². The molecule has 0 amide bonds. The lowest BCUT2D eigenvalue weighted by atomic mass is 10.1. The summed E-state index contributed by atoms with van der Waals surface area (Å²) in [7, 11) is 1.83. The molecule has 0 aliphatic heterocycles. The first-order valence-corrected chi connectivity index (χ1v) is 6.05. The van der Waals surface area contributed by atoms with Crippen LogP contribution in [0.1, 0.15) is 30.8 Å². The summed E-state index contributed by atoms with van der Waals surface area (Å²) in [6, 6.07) is 1.34. The van der Waals surface area contributed by atoms with Crippen LogP contribution in [0.5, 0.6) is 0 Å². The summed E-state index contributed by atoms with van der Waals surface area (Å²) in [4.78, 5) is 8.25. The van der Waals surface area contributed by atoms with E-state index in [0.29, 0.717) is 0 Å². The van der Waals surface area contributed by atoms with E-state index in [1.54, 1.807) is 12.4 Å². The van der Waals surface area contributed by atoms with Gasteiger partial charge in [0.25, 0.3) is 0 Å². The van der Waals surface area contributed by atoms with Gasteiger partial charge in [-0.2, -0.15) is 0 Å². The summed E-state index contributed by atoms with van der Waals surface area (Å²) < 4.78 is 15.3. The van der Waals surface area contributed by atoms with Gasteiger partial charge in [0, 0.05) is 25.1 Å². The van der Waals surface area contributed by atoms with E-state index in [4.69, 9.17) is 0 Å². The summed E-state index contributed by atoms with van der Waals surface area (Å²) >= 11 is 0. The highest BCUT2D eigenvalue weighted by atomic mass is 19.1. The third kappa shape index (κ3) is 2.56. The predicted octanol–water partition coefficient (Wildman–Crippen LogP) is 2.14. The van der Waals surface area contributed by atoms with Crippen molar-refractivity contribution in [3.63, 3.8) is 0 Å². The Balaban J connectivity index is 2.36. The van der Waals surface area contributed by atoms with Crippen LogP contribution in [-0.4, -0.2) is 21.6 Å². The van der Waals surface area contributed by atoms with Crippen LogP contribution in [0.3, 0.4) is 0 Å². The molecule has 0 aliphatic rings. The number of aromatic nitrogens is 3. The van der Waals surface area contributed by atoms with Gasteiger partial charge in [0.2, 0.25) is 0 Å². The van der Waals surface area contributed by atoms with Crippen LogP contribution >= 0.6 is 0 Å². The number of rotatable bonds is 5. The number of pyridine rings is 1. The van der Waals surface area contributed by atoms with Gasteiger partial charge in [-0.05, 0) is 25.1 Å². The first kappa shape index (κ1) is 12.7. The zero-order valence-electron chi connectivity index (χ0n) is 10.6. The minimum Gasteiger partial charge on any atom is -0.333 e. The van der Waals surface area contributed by atoms with Crippen molar-refractivity contribution in [3.05, 3.63) is 48.1 Å². The van der Waals surface area contributed by atoms with E-state index >= 15 is 0 Å². The maximum absolute atomic E-state index is 13.2. The van der Waals surface area contributed by atoms with Crippen molar-refractivity contribution in [3.8, 4) is 0 Å². The Bertz CT molecular complexity index is 509. The summed E-state index contributed by atoms with van der Waals surface area (Å²) in [6.07, 6.45) is 7.60. The smallest absolute Gasteiger partial charge is 0.141 e. The third-order valence-corrected chi connectivity index (χ3v) is 2.82. The zero-order chi connectivity index (χ0) is 13.0. The van der Waals surface area contributed by atoms with Crippen molar-refractivity contribution in [2.24, 2.45) is 0 Å². The highest BCUT2D eigenvalue weighted by Gasteiger charge is 2.17. The quantitative estimate of drug-likeness (QED) is 0.881. The monoisotopic (exact) mass is 248 g/mol. The minimum absolute atomic E-state index is 0.144. The lowest BCUT2D eigenvalue weighted by Gasteiger charge is -2.17. The van der Waals surface area contributed by atoms with Crippen LogP contribution in [0.2, 0.25) is 0 Å². The van der Waals surface area contributed by atoms with Crippen molar-refractivity contribution >= 4 is 0 Å². The van der Waals surface area contributed by atoms with Gasteiger partial charge in [0.1, 0.15) is 11.6 Å². The average molecular weight is 248 g/mol. The molecule has 1 N–H and O–H groups in total. The van der Waals surface area contributed by atoms with Crippen molar-refractivity contribution in [1.82, 2.24) is 19.9 Å². The molecule has 0 fully saturated rings. The summed E-state index contributed by atoms with van der Waals surface area (Å²) in [5.41, 5.74) is 0.779. The molecule has 2 rings (SSSR count). The summed E-state index contributed by atoms with van der Waals surface area (Å²) in [6.45, 7) is 3.01. The fourth-order valence-electron chi connectivity index (χ4n) is 2.04. The predicted molar refractivity (Wildman–Crippen MR) is 67.6 cm³/mol. The molecule has 2 aromatic rings. The fourth-order valence-corrected chi connectivity index (χ4v) is 2.04. The van der Waals surface area contributed by atoms with E-state index in [-0.39, 0.29) is 11.9 Å². The molecular weight excluding hydrogens is 231 g/mol. The van der Waals surface area contributed by atoms with Crippen molar-refractivity contribution < 1.29 is 4.39 Å². The van der Waals surface area contributed by atoms with Gasteiger partial charge in [0.05, 0.1) is 12.2 Å². The van der Waals surface area contributed by atoms with E-state index in [9.17, 15) is 4.39 Å². The molecule has 2 heterocycles. The molecule has 0 bridgehead atoms. The molecule has 2 aromatic heterocycles. The van der Waals surface area contributed by atoms with E-state index in [2.05, 4.69) is 26.8 Å². The standard InChI is InChI=1S/C13H17FN4/c1-3-5-18-6-4-17-13(18)12(15-2)10-7-11(14)9-16-8-10/h4,6-9,12,15H,3,5H2,1-2H3. The van der Waals surface area contributed by atoms with Crippen LogP contribution < -0.4 is 5.32 Å². The molecule has 1 atom stereocenters. The lowest BCUT2D eigenvalue weighted by Crippen LogP contribution is -2.22. The maximum Gasteiger partial charge on any atom is 0.141 e. The molecule has 0 saturated heterocycles. The van der Waals surface area contributed by atoms with Gasteiger partial charge in [-0.3, -0.25) is 4.98 Å². The largest absolute Gasteiger partial charge is 0.333 e. The number of nitrogens with one attached hydrogen (secondary N) is 1. The topological polar surface area (TPSA) is 42.7 Å². The number of nitrogens with zero attached hydrogens (tertiary/aromatic N) is 3. The second-order valence-corrected chi connectivity index (χ2v) is 4.14. The fraction of sp³-hybridized carbons (Fsp3) is 0.385. The van der Waals surface area contributed by atoms with Gasteiger partial charge in [-0.1, -0.05) is 6.92 Å². The minimum atomic E-state index is -0.332. The molecule has 0 saturated carbocycles.